The molecule has 0 N–H and O–H groups in total. The average molecular weight is 417 g/mol. The smallest absolute Gasteiger partial charge is 0.275 e. The van der Waals surface area contributed by atoms with Crippen molar-refractivity contribution >= 4 is 64.7 Å². The number of benzene rings is 1. The Morgan fingerprint density at radius 1 is 1.23 bits per heavy atom. The molecule has 2 aromatic rings. The fourth-order valence-corrected chi connectivity index (χ4v) is 5.05. The zero-order valence-corrected chi connectivity index (χ0v) is 15.1. The van der Waals surface area contributed by atoms with Crippen LogP contribution in [0.25, 0.3) is 0 Å². The van der Waals surface area contributed by atoms with E-state index in [0.29, 0.717) is 18.2 Å². The zero-order chi connectivity index (χ0) is 15.3. The standard InChI is InChI=1S/C14H10BrCl2N4S/c15-21-8-20-13(19-21)12(10-3-1-2-4-11(10)16)18-7-9-5-6-22(17)14(9)20/h1-6H,7-8H2/q+1. The summed E-state index contributed by atoms with van der Waals surface area (Å²) >= 11 is 9.78. The Bertz CT molecular complexity index is 817. The number of rotatable bonds is 1. The van der Waals surface area contributed by atoms with Crippen molar-refractivity contribution in [3.05, 3.63) is 51.9 Å². The van der Waals surface area contributed by atoms with Crippen LogP contribution in [0.5, 0.6) is 0 Å². The molecule has 0 bridgehead atoms. The van der Waals surface area contributed by atoms with Crippen LogP contribution >= 0.6 is 48.1 Å². The summed E-state index contributed by atoms with van der Waals surface area (Å²) in [6.07, 6.45) is 0. The zero-order valence-electron chi connectivity index (χ0n) is 11.2. The molecule has 2 aliphatic rings. The van der Waals surface area contributed by atoms with E-state index in [1.54, 1.807) is 4.03 Å². The minimum absolute atomic E-state index is 0.440. The third-order valence-electron chi connectivity index (χ3n) is 3.56. The molecule has 3 heterocycles. The van der Waals surface area contributed by atoms with Crippen LogP contribution in [0.3, 0.4) is 0 Å². The van der Waals surface area contributed by atoms with Crippen molar-refractivity contribution in [1.29, 1.82) is 0 Å². The van der Waals surface area contributed by atoms with Crippen molar-refractivity contribution in [2.45, 2.75) is 6.54 Å². The van der Waals surface area contributed by atoms with Gasteiger partial charge in [-0.2, -0.15) is 0 Å². The van der Waals surface area contributed by atoms with E-state index in [0.717, 1.165) is 27.7 Å². The van der Waals surface area contributed by atoms with E-state index in [1.165, 1.54) is 0 Å². The highest BCUT2D eigenvalue weighted by Crippen LogP contribution is 2.44. The van der Waals surface area contributed by atoms with Gasteiger partial charge in [-0.25, -0.2) is 4.03 Å². The number of halogens is 3. The monoisotopic (exact) mass is 415 g/mol. The predicted molar refractivity (Wildman–Crippen MR) is 97.4 cm³/mol. The van der Waals surface area contributed by atoms with Gasteiger partial charge in [0.05, 0.1) is 33.3 Å². The topological polar surface area (TPSA) is 31.2 Å². The summed E-state index contributed by atoms with van der Waals surface area (Å²) in [6.45, 7) is 1.18. The maximum Gasteiger partial charge on any atom is 0.275 e. The average Bonchev–Trinajstić information content (AvgIpc) is 3.00. The molecule has 0 radical (unpaired) electrons. The lowest BCUT2D eigenvalue weighted by atomic mass is 10.1. The number of fused-ring (bicyclic) bond motifs is 3. The second kappa shape index (κ2) is 5.53. The van der Waals surface area contributed by atoms with Gasteiger partial charge in [-0.3, -0.25) is 9.89 Å². The predicted octanol–water partition coefficient (Wildman–Crippen LogP) is 4.80. The molecule has 4 nitrogen and oxygen atoms in total. The molecule has 1 aromatic carbocycles. The molecule has 1 atom stereocenters. The van der Waals surface area contributed by atoms with Crippen molar-refractivity contribution in [2.24, 2.45) is 10.1 Å². The second-order valence-electron chi connectivity index (χ2n) is 4.89. The van der Waals surface area contributed by atoms with Crippen LogP contribution in [0.1, 0.15) is 11.1 Å². The van der Waals surface area contributed by atoms with Gasteiger partial charge < -0.3 is 0 Å². The van der Waals surface area contributed by atoms with Crippen LogP contribution < -0.4 is 4.90 Å². The SMILES string of the molecule is Clc1ccccc1C1=NCc2cc[s+](Cl)c2N2CN(Br)N=C12. The third kappa shape index (κ3) is 2.25. The lowest BCUT2D eigenvalue weighted by molar-refractivity contribution is 0.575. The van der Waals surface area contributed by atoms with Crippen LogP contribution in [0.15, 0.2) is 45.8 Å². The Balaban J connectivity index is 1.90. The third-order valence-corrected chi connectivity index (χ3v) is 6.25. The maximum absolute atomic E-state index is 6.47. The van der Waals surface area contributed by atoms with E-state index < -0.39 is 9.68 Å². The largest absolute Gasteiger partial charge is 0.276 e. The number of nitrogens with zero attached hydrogens (tertiary/aromatic N) is 4. The van der Waals surface area contributed by atoms with Crippen molar-refractivity contribution < 1.29 is 0 Å². The summed E-state index contributed by atoms with van der Waals surface area (Å²) in [6, 6.07) is 9.74. The van der Waals surface area contributed by atoms with Gasteiger partial charge in [0.1, 0.15) is 22.1 Å². The number of anilines is 1. The minimum Gasteiger partial charge on any atom is -0.276 e. The highest BCUT2D eigenvalue weighted by atomic mass is 79.9. The van der Waals surface area contributed by atoms with Crippen LogP contribution in [-0.4, -0.2) is 22.3 Å². The molecule has 1 aromatic heterocycles. The summed E-state index contributed by atoms with van der Waals surface area (Å²) in [4.78, 5) is 6.86. The molecule has 22 heavy (non-hydrogen) atoms. The molecule has 0 saturated heterocycles. The number of amidine groups is 1. The molecule has 8 heteroatoms. The minimum atomic E-state index is -0.440. The first-order chi connectivity index (χ1) is 10.6. The Kier molecular flexibility index (Phi) is 3.64. The van der Waals surface area contributed by atoms with Crippen molar-refractivity contribution in [3.8, 4) is 0 Å². The molecule has 0 spiro atoms. The number of hydrogen-bond donors (Lipinski definition) is 0. The Hall–Kier alpha value is -1.08. The maximum atomic E-state index is 6.47. The molecule has 1 unspecified atom stereocenters. The summed E-state index contributed by atoms with van der Waals surface area (Å²) in [5.74, 6) is 0.775. The molecule has 2 aliphatic heterocycles. The second-order valence-corrected chi connectivity index (χ2v) is 8.34. The van der Waals surface area contributed by atoms with Gasteiger partial charge in [0.15, 0.2) is 11.2 Å². The van der Waals surface area contributed by atoms with Crippen LogP contribution in [0.2, 0.25) is 5.02 Å². The molecule has 4 rings (SSSR count). The Labute approximate surface area is 148 Å². The van der Waals surface area contributed by atoms with Gasteiger partial charge >= 0.3 is 0 Å². The molecule has 0 aliphatic carbocycles. The Morgan fingerprint density at radius 2 is 2.05 bits per heavy atom. The first kappa shape index (κ1) is 14.5. The number of thiophene rings is 1. The normalized spacial score (nSPS) is 17.7. The molecular formula is C14H10BrCl2N4S+. The van der Waals surface area contributed by atoms with Gasteiger partial charge in [0.25, 0.3) is 5.00 Å². The molecule has 112 valence electrons. The first-order valence-corrected chi connectivity index (χ1v) is 9.75. The van der Waals surface area contributed by atoms with Gasteiger partial charge in [-0.05, 0) is 6.07 Å². The number of hydrazone groups is 1. The van der Waals surface area contributed by atoms with E-state index in [4.69, 9.17) is 27.3 Å². The molecular weight excluding hydrogens is 407 g/mol. The highest BCUT2D eigenvalue weighted by molar-refractivity contribution is 9.07. The van der Waals surface area contributed by atoms with Gasteiger partial charge in [0, 0.05) is 11.6 Å². The van der Waals surface area contributed by atoms with E-state index in [2.05, 4.69) is 32.2 Å². The fraction of sp³-hybridized carbons (Fsp3) is 0.143. The molecule has 0 fully saturated rings. The number of aliphatic imine (C=N–C) groups is 1. The molecule has 0 saturated carbocycles. The quantitative estimate of drug-likeness (QED) is 0.494. The van der Waals surface area contributed by atoms with Crippen LogP contribution in [0, 0.1) is 0 Å². The lowest BCUT2D eigenvalue weighted by Crippen LogP contribution is -2.33. The van der Waals surface area contributed by atoms with Crippen molar-refractivity contribution in [1.82, 2.24) is 4.03 Å². The summed E-state index contributed by atoms with van der Waals surface area (Å²) < 4.78 is 1.71. The summed E-state index contributed by atoms with van der Waals surface area (Å²) in [7, 11) is 6.03. The summed E-state index contributed by atoms with van der Waals surface area (Å²) in [5, 5.41) is 8.31. The van der Waals surface area contributed by atoms with Crippen LogP contribution in [-0.2, 0) is 6.54 Å². The van der Waals surface area contributed by atoms with Crippen molar-refractivity contribution in [2.75, 3.05) is 11.6 Å². The van der Waals surface area contributed by atoms with Gasteiger partial charge in [-0.15, -0.1) is 5.10 Å². The first-order valence-electron chi connectivity index (χ1n) is 6.55. The van der Waals surface area contributed by atoms with Gasteiger partial charge in [0.2, 0.25) is 10.7 Å². The highest BCUT2D eigenvalue weighted by Gasteiger charge is 2.38. The fourth-order valence-electron chi connectivity index (χ4n) is 2.60. The van der Waals surface area contributed by atoms with E-state index in [1.807, 2.05) is 29.6 Å². The van der Waals surface area contributed by atoms with E-state index in [9.17, 15) is 0 Å². The number of hydrogen-bond acceptors (Lipinski definition) is 4. The summed E-state index contributed by atoms with van der Waals surface area (Å²) in [5.41, 5.74) is 2.82. The van der Waals surface area contributed by atoms with E-state index in [-0.39, 0.29) is 0 Å². The van der Waals surface area contributed by atoms with Crippen molar-refractivity contribution in [3.63, 3.8) is 0 Å². The van der Waals surface area contributed by atoms with E-state index >= 15 is 0 Å². The van der Waals surface area contributed by atoms with Gasteiger partial charge in [-0.1, -0.05) is 29.8 Å². The molecule has 0 amide bonds. The van der Waals surface area contributed by atoms with Crippen LogP contribution in [0.4, 0.5) is 5.00 Å². The Morgan fingerprint density at radius 3 is 2.86 bits per heavy atom. The lowest BCUT2D eigenvalue weighted by Gasteiger charge is -2.15.